The number of nitrogens with zero attached hydrogens (tertiary/aromatic N) is 1. The topological polar surface area (TPSA) is 30.0 Å². The van der Waals surface area contributed by atoms with Crippen molar-refractivity contribution < 1.29 is 4.79 Å². The van der Waals surface area contributed by atoms with Gasteiger partial charge in [-0.3, -0.25) is 9.78 Å². The average Bonchev–Trinajstić information content (AvgIpc) is 2.58. The average molecular weight is 287 g/mol. The van der Waals surface area contributed by atoms with E-state index in [0.29, 0.717) is 6.42 Å². The van der Waals surface area contributed by atoms with E-state index < -0.39 is 0 Å². The van der Waals surface area contributed by atoms with Gasteiger partial charge in [0.05, 0.1) is 6.42 Å². The van der Waals surface area contributed by atoms with Crippen LogP contribution in [0, 0.1) is 6.92 Å². The molecule has 0 atom stereocenters. The van der Waals surface area contributed by atoms with Crippen LogP contribution in [0.5, 0.6) is 0 Å². The summed E-state index contributed by atoms with van der Waals surface area (Å²) in [5, 5.41) is 0. The lowest BCUT2D eigenvalue weighted by atomic mass is 10.0. The van der Waals surface area contributed by atoms with Crippen LogP contribution in [-0.4, -0.2) is 10.8 Å². The number of carbonyl (C=O) groups is 1. The van der Waals surface area contributed by atoms with E-state index in [4.69, 9.17) is 0 Å². The molecule has 0 radical (unpaired) electrons. The highest BCUT2D eigenvalue weighted by molar-refractivity contribution is 5.97. The minimum absolute atomic E-state index is 0.0935. The molecule has 1 heterocycles. The van der Waals surface area contributed by atoms with Gasteiger partial charge >= 0.3 is 0 Å². The molecule has 2 aromatic carbocycles. The highest BCUT2D eigenvalue weighted by Gasteiger charge is 2.08. The first-order valence-electron chi connectivity index (χ1n) is 7.32. The zero-order chi connectivity index (χ0) is 15.4. The van der Waals surface area contributed by atoms with Gasteiger partial charge in [0.25, 0.3) is 0 Å². The Morgan fingerprint density at radius 2 is 1.55 bits per heavy atom. The lowest BCUT2D eigenvalue weighted by Gasteiger charge is -2.04. The molecule has 0 amide bonds. The molecule has 0 bridgehead atoms. The number of carbonyl (C=O) groups excluding carboxylic acids is 1. The Bertz CT molecular complexity index is 759. The summed E-state index contributed by atoms with van der Waals surface area (Å²) in [5.41, 5.74) is 4.90. The molecule has 3 rings (SSSR count). The van der Waals surface area contributed by atoms with Gasteiger partial charge in [-0.2, -0.15) is 0 Å². The molecule has 2 heteroatoms. The second-order valence-electron chi connectivity index (χ2n) is 5.37. The molecule has 22 heavy (non-hydrogen) atoms. The summed E-state index contributed by atoms with van der Waals surface area (Å²) in [6.45, 7) is 1.99. The third-order valence-corrected chi connectivity index (χ3v) is 3.63. The number of Topliss-reactive ketones (excluding diaryl/α,β-unsaturated/α-hetero) is 1. The zero-order valence-electron chi connectivity index (χ0n) is 12.5. The first-order valence-corrected chi connectivity index (χ1v) is 7.32. The van der Waals surface area contributed by atoms with E-state index in [1.54, 1.807) is 6.20 Å². The van der Waals surface area contributed by atoms with Crippen molar-refractivity contribution in [3.05, 3.63) is 89.7 Å². The van der Waals surface area contributed by atoms with Gasteiger partial charge in [-0.25, -0.2) is 0 Å². The Morgan fingerprint density at radius 3 is 2.18 bits per heavy atom. The maximum absolute atomic E-state index is 12.3. The quantitative estimate of drug-likeness (QED) is 0.662. The van der Waals surface area contributed by atoms with Gasteiger partial charge in [-0.15, -0.1) is 0 Å². The van der Waals surface area contributed by atoms with Gasteiger partial charge in [-0.05, 0) is 29.7 Å². The smallest absolute Gasteiger partial charge is 0.168 e. The molecule has 0 saturated carbocycles. The molecule has 1 aromatic heterocycles. The molecule has 0 saturated heterocycles. The minimum atomic E-state index is 0.0935. The van der Waals surface area contributed by atoms with Crippen molar-refractivity contribution in [3.63, 3.8) is 0 Å². The van der Waals surface area contributed by atoms with Crippen molar-refractivity contribution >= 4 is 5.78 Å². The van der Waals surface area contributed by atoms with Crippen molar-refractivity contribution in [1.82, 2.24) is 4.98 Å². The van der Waals surface area contributed by atoms with Crippen molar-refractivity contribution in [2.24, 2.45) is 0 Å². The van der Waals surface area contributed by atoms with Crippen LogP contribution >= 0.6 is 0 Å². The first-order chi connectivity index (χ1) is 10.7. The van der Waals surface area contributed by atoms with Crippen molar-refractivity contribution in [2.45, 2.75) is 13.3 Å². The number of benzene rings is 2. The largest absolute Gasteiger partial charge is 0.294 e. The number of pyridine rings is 1. The summed E-state index contributed by atoms with van der Waals surface area (Å²) in [4.78, 5) is 16.6. The molecule has 0 unspecified atom stereocenters. The maximum atomic E-state index is 12.3. The Labute approximate surface area is 130 Å². The number of hydrogen-bond acceptors (Lipinski definition) is 2. The summed E-state index contributed by atoms with van der Waals surface area (Å²) in [7, 11) is 0. The van der Waals surface area contributed by atoms with E-state index in [0.717, 1.165) is 27.9 Å². The highest BCUT2D eigenvalue weighted by Crippen LogP contribution is 2.19. The third-order valence-electron chi connectivity index (χ3n) is 3.63. The SMILES string of the molecule is Cc1ccc(CC(=O)c2ccc(-c3ccccc3)cc2)nc1. The number of rotatable bonds is 4. The van der Waals surface area contributed by atoms with Gasteiger partial charge in [0, 0.05) is 17.5 Å². The molecule has 2 nitrogen and oxygen atoms in total. The second kappa shape index (κ2) is 6.35. The fourth-order valence-corrected chi connectivity index (χ4v) is 2.35. The lowest BCUT2D eigenvalue weighted by molar-refractivity contribution is 0.0992. The van der Waals surface area contributed by atoms with E-state index in [2.05, 4.69) is 17.1 Å². The molecule has 0 fully saturated rings. The van der Waals surface area contributed by atoms with Crippen LogP contribution in [0.3, 0.4) is 0 Å². The Morgan fingerprint density at radius 1 is 0.864 bits per heavy atom. The summed E-state index contributed by atoms with van der Waals surface area (Å²) >= 11 is 0. The van der Waals surface area contributed by atoms with Crippen LogP contribution in [0.25, 0.3) is 11.1 Å². The monoisotopic (exact) mass is 287 g/mol. The summed E-state index contributed by atoms with van der Waals surface area (Å²) in [6, 6.07) is 21.8. The Hall–Kier alpha value is -2.74. The van der Waals surface area contributed by atoms with Crippen LogP contribution < -0.4 is 0 Å². The van der Waals surface area contributed by atoms with E-state index in [1.807, 2.05) is 61.5 Å². The van der Waals surface area contributed by atoms with Gasteiger partial charge in [0.2, 0.25) is 0 Å². The second-order valence-corrected chi connectivity index (χ2v) is 5.37. The summed E-state index contributed by atoms with van der Waals surface area (Å²) in [6.07, 6.45) is 2.13. The predicted molar refractivity (Wildman–Crippen MR) is 88.9 cm³/mol. The molecule has 0 N–H and O–H groups in total. The Balaban J connectivity index is 1.75. The number of aryl methyl sites for hydroxylation is 1. The number of aromatic nitrogens is 1. The fraction of sp³-hybridized carbons (Fsp3) is 0.100. The molecule has 0 aliphatic heterocycles. The molecule has 3 aromatic rings. The third kappa shape index (κ3) is 3.29. The minimum Gasteiger partial charge on any atom is -0.294 e. The summed E-state index contributed by atoms with van der Waals surface area (Å²) < 4.78 is 0. The van der Waals surface area contributed by atoms with Gasteiger partial charge < -0.3 is 0 Å². The molecule has 0 aliphatic rings. The fourth-order valence-electron chi connectivity index (χ4n) is 2.35. The van der Waals surface area contributed by atoms with Crippen LogP contribution in [-0.2, 0) is 6.42 Å². The van der Waals surface area contributed by atoms with E-state index in [1.165, 1.54) is 0 Å². The standard InChI is InChI=1S/C20H17NO/c1-15-7-12-19(21-14-15)13-20(22)18-10-8-17(9-11-18)16-5-3-2-4-6-16/h2-12,14H,13H2,1H3. The van der Waals surface area contributed by atoms with Crippen LogP contribution in [0.4, 0.5) is 0 Å². The van der Waals surface area contributed by atoms with E-state index >= 15 is 0 Å². The van der Waals surface area contributed by atoms with Crippen LogP contribution in [0.2, 0.25) is 0 Å². The molecule has 108 valence electrons. The maximum Gasteiger partial charge on any atom is 0.168 e. The Kier molecular flexibility index (Phi) is 4.10. The molecule has 0 aliphatic carbocycles. The summed E-state index contributed by atoms with van der Waals surface area (Å²) in [5.74, 6) is 0.0935. The van der Waals surface area contributed by atoms with Gasteiger partial charge in [0.15, 0.2) is 5.78 Å². The van der Waals surface area contributed by atoms with Gasteiger partial charge in [-0.1, -0.05) is 60.7 Å². The molecular weight excluding hydrogens is 270 g/mol. The van der Waals surface area contributed by atoms with Crippen LogP contribution in [0.15, 0.2) is 72.9 Å². The molecule has 0 spiro atoms. The predicted octanol–water partition coefficient (Wildman–Crippen LogP) is 4.48. The first kappa shape index (κ1) is 14.2. The van der Waals surface area contributed by atoms with Crippen molar-refractivity contribution in [3.8, 4) is 11.1 Å². The zero-order valence-corrected chi connectivity index (χ0v) is 12.5. The van der Waals surface area contributed by atoms with E-state index in [9.17, 15) is 4.79 Å². The lowest BCUT2D eigenvalue weighted by Crippen LogP contribution is -2.05. The van der Waals surface area contributed by atoms with Crippen molar-refractivity contribution in [2.75, 3.05) is 0 Å². The highest BCUT2D eigenvalue weighted by atomic mass is 16.1. The molecular formula is C20H17NO. The normalized spacial score (nSPS) is 10.4. The van der Waals surface area contributed by atoms with Gasteiger partial charge in [0.1, 0.15) is 0 Å². The van der Waals surface area contributed by atoms with Crippen molar-refractivity contribution in [1.29, 1.82) is 0 Å². The van der Waals surface area contributed by atoms with E-state index in [-0.39, 0.29) is 5.78 Å². The number of hydrogen-bond donors (Lipinski definition) is 0. The number of ketones is 1. The van der Waals surface area contributed by atoms with Crippen LogP contribution in [0.1, 0.15) is 21.6 Å².